The van der Waals surface area contributed by atoms with E-state index in [9.17, 15) is 10.2 Å². The molecule has 0 amide bonds. The van der Waals surface area contributed by atoms with Crippen molar-refractivity contribution in [3.05, 3.63) is 78.4 Å². The lowest BCUT2D eigenvalue weighted by Crippen LogP contribution is -2.27. The zero-order chi connectivity index (χ0) is 33.7. The summed E-state index contributed by atoms with van der Waals surface area (Å²) < 4.78 is 0. The third-order valence-corrected chi connectivity index (χ3v) is 10.6. The summed E-state index contributed by atoms with van der Waals surface area (Å²) in [6.45, 7) is 23.2. The Morgan fingerprint density at radius 3 is 1.39 bits per heavy atom. The number of aromatic hydroxyl groups is 2. The topological polar surface area (TPSA) is 65.2 Å². The fraction of sp³-hybridized carbons (Fsp3) is 0.595. The van der Waals surface area contributed by atoms with E-state index in [1.807, 2.05) is 26.3 Å². The van der Waals surface area contributed by atoms with Crippen molar-refractivity contribution in [2.45, 2.75) is 160 Å². The number of hydrogen-bond acceptors (Lipinski definition) is 4. The van der Waals surface area contributed by atoms with Gasteiger partial charge in [-0.25, -0.2) is 0 Å². The normalized spacial score (nSPS) is 18.8. The van der Waals surface area contributed by atoms with Gasteiger partial charge >= 0.3 is 0 Å². The second kappa shape index (κ2) is 17.8. The number of hydrogen-bond donors (Lipinski definition) is 2. The van der Waals surface area contributed by atoms with E-state index in [-0.39, 0.29) is 22.9 Å². The van der Waals surface area contributed by atoms with Crippen LogP contribution in [0, 0.1) is 34.6 Å². The van der Waals surface area contributed by atoms with E-state index in [0.717, 1.165) is 112 Å². The van der Waals surface area contributed by atoms with E-state index in [4.69, 9.17) is 9.98 Å². The SMILES string of the molecule is [CH2+]CCCC(C)(CCC[CH2+])c1cc(C)c(O)c(C=NC2CCCCC2N=Cc2cc(C(C)(CCC[CH2+])CCCC)cc(C)c2O)c1. The fourth-order valence-electron chi connectivity index (χ4n) is 7.24. The molecule has 0 aromatic heterocycles. The lowest BCUT2D eigenvalue weighted by atomic mass is 9.73. The van der Waals surface area contributed by atoms with Gasteiger partial charge in [-0.15, -0.1) is 0 Å². The van der Waals surface area contributed by atoms with E-state index in [1.165, 1.54) is 24.0 Å². The maximum atomic E-state index is 11.1. The molecule has 3 unspecified atom stereocenters. The van der Waals surface area contributed by atoms with Gasteiger partial charge in [0.1, 0.15) is 11.5 Å². The molecule has 3 rings (SSSR count). The Labute approximate surface area is 282 Å². The molecule has 0 saturated heterocycles. The van der Waals surface area contributed by atoms with Crippen LogP contribution in [0.3, 0.4) is 0 Å². The average molecular weight is 628 g/mol. The Morgan fingerprint density at radius 1 is 0.674 bits per heavy atom. The Balaban J connectivity index is 1.91. The van der Waals surface area contributed by atoms with Gasteiger partial charge in [0.05, 0.1) is 52.1 Å². The molecule has 1 aliphatic rings. The number of aliphatic imine (C=N–C) groups is 2. The first-order valence-electron chi connectivity index (χ1n) is 18.1. The molecule has 0 aliphatic heterocycles. The molecule has 250 valence electrons. The van der Waals surface area contributed by atoms with Gasteiger partial charge in [0, 0.05) is 23.6 Å². The predicted octanol–water partition coefficient (Wildman–Crippen LogP) is 11.3. The van der Waals surface area contributed by atoms with Crippen LogP contribution < -0.4 is 0 Å². The number of benzene rings is 2. The van der Waals surface area contributed by atoms with Crippen LogP contribution in [-0.2, 0) is 10.8 Å². The number of aryl methyl sites for hydroxylation is 2. The summed E-state index contributed by atoms with van der Waals surface area (Å²) in [6, 6.07) is 8.72. The summed E-state index contributed by atoms with van der Waals surface area (Å²) in [5.41, 5.74) is 5.99. The Bertz CT molecular complexity index is 1180. The van der Waals surface area contributed by atoms with Crippen LogP contribution >= 0.6 is 0 Å². The van der Waals surface area contributed by atoms with E-state index in [1.54, 1.807) is 0 Å². The molecule has 0 heterocycles. The van der Waals surface area contributed by atoms with Gasteiger partial charge in [0.2, 0.25) is 0 Å². The van der Waals surface area contributed by atoms with Gasteiger partial charge in [-0.1, -0.05) is 58.6 Å². The molecule has 4 heteroatoms. The van der Waals surface area contributed by atoms with Crippen molar-refractivity contribution in [3.8, 4) is 11.5 Å². The second-order valence-corrected chi connectivity index (χ2v) is 14.5. The van der Waals surface area contributed by atoms with E-state index >= 15 is 0 Å². The third kappa shape index (κ3) is 9.75. The molecule has 0 spiro atoms. The highest BCUT2D eigenvalue weighted by molar-refractivity contribution is 5.86. The van der Waals surface area contributed by atoms with Crippen LogP contribution in [0.15, 0.2) is 34.3 Å². The van der Waals surface area contributed by atoms with Crippen LogP contribution in [0.4, 0.5) is 0 Å². The second-order valence-electron chi connectivity index (χ2n) is 14.5. The minimum Gasteiger partial charge on any atom is -0.507 e. The van der Waals surface area contributed by atoms with Crippen LogP contribution in [0.1, 0.15) is 157 Å². The maximum Gasteiger partial charge on any atom is 0.127 e. The van der Waals surface area contributed by atoms with E-state index in [2.05, 4.69) is 65.8 Å². The minimum atomic E-state index is 0.0167. The summed E-state index contributed by atoms with van der Waals surface area (Å²) in [5.74, 6) is 0.624. The number of nitrogens with zero attached hydrogens (tertiary/aromatic N) is 2. The van der Waals surface area contributed by atoms with Gasteiger partial charge in [-0.2, -0.15) is 0 Å². The highest BCUT2D eigenvalue weighted by Gasteiger charge is 2.29. The molecule has 1 fully saturated rings. The van der Waals surface area contributed by atoms with Gasteiger partial charge in [0.15, 0.2) is 0 Å². The lowest BCUT2D eigenvalue weighted by Gasteiger charge is -2.31. The fourth-order valence-corrected chi connectivity index (χ4v) is 7.24. The van der Waals surface area contributed by atoms with Gasteiger partial charge in [-0.05, 0) is 117 Å². The average Bonchev–Trinajstić information content (AvgIpc) is 3.05. The predicted molar refractivity (Wildman–Crippen MR) is 199 cm³/mol. The van der Waals surface area contributed by atoms with Gasteiger partial charge < -0.3 is 10.2 Å². The molecule has 0 radical (unpaired) electrons. The quantitative estimate of drug-likeness (QED) is 0.128. The van der Waals surface area contributed by atoms with E-state index in [0.29, 0.717) is 11.5 Å². The molecule has 2 N–H and O–H groups in total. The minimum absolute atomic E-state index is 0.0167. The molecule has 1 aliphatic carbocycles. The first kappa shape index (κ1) is 37.4. The van der Waals surface area contributed by atoms with Crippen molar-refractivity contribution in [1.29, 1.82) is 0 Å². The monoisotopic (exact) mass is 627 g/mol. The summed E-state index contributed by atoms with van der Waals surface area (Å²) in [5, 5.41) is 22.1. The van der Waals surface area contributed by atoms with Crippen molar-refractivity contribution in [2.24, 2.45) is 9.98 Å². The smallest absolute Gasteiger partial charge is 0.127 e. The zero-order valence-electron chi connectivity index (χ0n) is 29.8. The van der Waals surface area contributed by atoms with E-state index < -0.39 is 0 Å². The standard InChI is InChI=1S/C42H61N2O2/c1-9-13-21-41(7,22-14-10-2)35-25-31(5)39(45)33(27-35)29-43-37-19-17-18-20-38(37)44-30-34-28-36(26-32(6)40(34)46)42(8,23-15-11-3)24-16-12-4/h25-30,37-38H,1-3,9-24H2,4-8H3/q+1/p+2. The molecular formula is C42H63N2O2+3. The Morgan fingerprint density at radius 2 is 1.04 bits per heavy atom. The van der Waals surface area contributed by atoms with Crippen LogP contribution in [0.25, 0.3) is 0 Å². The first-order valence-corrected chi connectivity index (χ1v) is 18.1. The molecule has 0 bridgehead atoms. The van der Waals surface area contributed by atoms with Crippen LogP contribution in [0.2, 0.25) is 0 Å². The third-order valence-electron chi connectivity index (χ3n) is 10.6. The molecule has 1 saturated carbocycles. The highest BCUT2D eigenvalue weighted by Crippen LogP contribution is 2.39. The van der Waals surface area contributed by atoms with Crippen LogP contribution in [0.5, 0.6) is 11.5 Å². The number of unbranched alkanes of at least 4 members (excludes halogenated alkanes) is 4. The molecule has 46 heavy (non-hydrogen) atoms. The largest absolute Gasteiger partial charge is 0.507 e. The number of phenols is 2. The maximum absolute atomic E-state index is 11.1. The summed E-state index contributed by atoms with van der Waals surface area (Å²) in [7, 11) is 0. The number of phenolic OH excluding ortho intramolecular Hbond substituents is 2. The van der Waals surface area contributed by atoms with Crippen molar-refractivity contribution < 1.29 is 10.2 Å². The molecule has 2 aromatic rings. The summed E-state index contributed by atoms with van der Waals surface area (Å²) in [6.07, 6.45) is 20.7. The lowest BCUT2D eigenvalue weighted by molar-refractivity contribution is 0.376. The molecule has 3 atom stereocenters. The highest BCUT2D eigenvalue weighted by atomic mass is 16.3. The Hall–Kier alpha value is -3.01. The number of rotatable bonds is 18. The molecule has 4 nitrogen and oxygen atoms in total. The van der Waals surface area contributed by atoms with Crippen LogP contribution in [-0.4, -0.2) is 34.7 Å². The zero-order valence-corrected chi connectivity index (χ0v) is 29.8. The summed E-state index contributed by atoms with van der Waals surface area (Å²) in [4.78, 5) is 10.2. The van der Waals surface area contributed by atoms with Crippen molar-refractivity contribution in [2.75, 3.05) is 0 Å². The van der Waals surface area contributed by atoms with Crippen molar-refractivity contribution in [1.82, 2.24) is 0 Å². The van der Waals surface area contributed by atoms with Crippen molar-refractivity contribution in [3.63, 3.8) is 0 Å². The Kier molecular flexibility index (Phi) is 14.5. The molecule has 2 aromatic carbocycles. The van der Waals surface area contributed by atoms with Gasteiger partial charge in [-0.3, -0.25) is 9.98 Å². The van der Waals surface area contributed by atoms with Crippen molar-refractivity contribution >= 4 is 12.4 Å². The van der Waals surface area contributed by atoms with Gasteiger partial charge in [0.25, 0.3) is 0 Å². The molecular weight excluding hydrogens is 564 g/mol. The summed E-state index contributed by atoms with van der Waals surface area (Å²) >= 11 is 0. The first-order chi connectivity index (χ1) is 22.0.